The Bertz CT molecular complexity index is 1830. The summed E-state index contributed by atoms with van der Waals surface area (Å²) in [5.74, 6) is -2.56. The fraction of sp³-hybridized carbons (Fsp3) is 0.462. The van der Waals surface area contributed by atoms with Crippen molar-refractivity contribution < 1.29 is 37.8 Å². The van der Waals surface area contributed by atoms with Crippen LogP contribution in [0.15, 0.2) is 60.7 Å². The molecule has 0 saturated carbocycles. The number of nitrogens with one attached hydrogen (secondary N) is 2. The van der Waals surface area contributed by atoms with Gasteiger partial charge in [-0.15, -0.1) is 0 Å². The summed E-state index contributed by atoms with van der Waals surface area (Å²) in [6.07, 6.45) is 0.517. The third kappa shape index (κ3) is 9.48. The largest absolute Gasteiger partial charge is 0.491 e. The van der Waals surface area contributed by atoms with Crippen LogP contribution in [0, 0.1) is 5.82 Å². The highest BCUT2D eigenvalue weighted by Crippen LogP contribution is 2.26. The molecule has 2 saturated heterocycles. The van der Waals surface area contributed by atoms with Crippen LogP contribution in [-0.2, 0) is 30.5 Å². The number of carbonyl (C=O) groups excluding carboxylic acids is 5. The molecule has 5 amide bonds. The summed E-state index contributed by atoms with van der Waals surface area (Å²) in [6, 6.07) is 15.4. The number of benzene rings is 3. The Morgan fingerprint density at radius 1 is 0.943 bits per heavy atom. The number of likely N-dealkylation sites (N-methyl/N-ethyl adjacent to an activating group) is 2. The van der Waals surface area contributed by atoms with Gasteiger partial charge in [-0.2, -0.15) is 0 Å². The standard InChI is InChI=1S/C39H47FN6O7/c1-43-24-37(49)46-23-30(42-35(47)13-14-45-15-17-52-18-16-45)21-31(46)25-53-34-11-9-29(40)20-32(34)39(51)44(2)33(10-12-36(43)48)38(50)41-22-26-7-8-27-5-3-4-6-28(27)19-26/h3-9,11,19-20,30-31,33H,10,12-18,21-25H2,1-2H3,(H,41,50)(H,42,47)/t30-,31-,33-/m0/s1. The number of hydrogen-bond acceptors (Lipinski definition) is 8. The lowest BCUT2D eigenvalue weighted by molar-refractivity contribution is -0.140. The van der Waals surface area contributed by atoms with Crippen LogP contribution in [-0.4, -0.2) is 134 Å². The number of halogens is 1. The Hall–Kier alpha value is -5.08. The predicted octanol–water partition coefficient (Wildman–Crippen LogP) is 2.17. The minimum absolute atomic E-state index is 0.0421. The first-order valence-corrected chi connectivity index (χ1v) is 18.1. The molecule has 0 unspecified atom stereocenters. The fourth-order valence-electron chi connectivity index (χ4n) is 7.17. The van der Waals surface area contributed by atoms with E-state index in [0.717, 1.165) is 35.5 Å². The van der Waals surface area contributed by atoms with E-state index in [1.165, 1.54) is 36.0 Å². The van der Waals surface area contributed by atoms with E-state index in [2.05, 4.69) is 15.5 Å². The van der Waals surface area contributed by atoms with Gasteiger partial charge >= 0.3 is 0 Å². The molecule has 3 atom stereocenters. The molecule has 53 heavy (non-hydrogen) atoms. The molecule has 3 aromatic carbocycles. The molecule has 13 nitrogen and oxygen atoms in total. The molecule has 0 radical (unpaired) electrons. The van der Waals surface area contributed by atoms with Crippen molar-refractivity contribution in [1.29, 1.82) is 0 Å². The topological polar surface area (TPSA) is 141 Å². The minimum atomic E-state index is -1.09. The highest BCUT2D eigenvalue weighted by Gasteiger charge is 2.38. The molecule has 3 aliphatic rings. The Morgan fingerprint density at radius 2 is 1.72 bits per heavy atom. The number of hydrogen-bond donors (Lipinski definition) is 2. The summed E-state index contributed by atoms with van der Waals surface area (Å²) >= 11 is 0. The molecule has 0 aliphatic carbocycles. The van der Waals surface area contributed by atoms with Crippen molar-refractivity contribution >= 4 is 40.3 Å². The van der Waals surface area contributed by atoms with Crippen LogP contribution >= 0.6 is 0 Å². The van der Waals surface area contributed by atoms with Gasteiger partial charge in [0.1, 0.15) is 24.2 Å². The molecule has 3 aromatic rings. The van der Waals surface area contributed by atoms with E-state index < -0.39 is 29.7 Å². The maximum absolute atomic E-state index is 14.7. The fourth-order valence-corrected chi connectivity index (χ4v) is 7.17. The normalized spacial score (nSPS) is 22.1. The van der Waals surface area contributed by atoms with Gasteiger partial charge in [0, 0.05) is 65.7 Å². The lowest BCUT2D eigenvalue weighted by Crippen LogP contribution is -2.48. The smallest absolute Gasteiger partial charge is 0.258 e. The van der Waals surface area contributed by atoms with Gasteiger partial charge in [-0.1, -0.05) is 36.4 Å². The van der Waals surface area contributed by atoms with Crippen molar-refractivity contribution in [2.45, 2.75) is 50.4 Å². The van der Waals surface area contributed by atoms with Gasteiger partial charge in [-0.25, -0.2) is 4.39 Å². The van der Waals surface area contributed by atoms with Gasteiger partial charge in [0.2, 0.25) is 23.6 Å². The van der Waals surface area contributed by atoms with Crippen molar-refractivity contribution in [3.8, 4) is 5.75 Å². The average molecular weight is 731 g/mol. The maximum atomic E-state index is 14.7. The van der Waals surface area contributed by atoms with Crippen molar-refractivity contribution in [3.05, 3.63) is 77.6 Å². The zero-order valence-electron chi connectivity index (χ0n) is 30.2. The summed E-state index contributed by atoms with van der Waals surface area (Å²) in [5, 5.41) is 8.03. The van der Waals surface area contributed by atoms with Crippen LogP contribution in [0.1, 0.15) is 41.6 Å². The second-order valence-electron chi connectivity index (χ2n) is 14.0. The number of amides is 5. The predicted molar refractivity (Wildman–Crippen MR) is 194 cm³/mol. The molecule has 282 valence electrons. The van der Waals surface area contributed by atoms with Gasteiger partial charge in [0.15, 0.2) is 0 Å². The van der Waals surface area contributed by atoms with Crippen molar-refractivity contribution in [2.24, 2.45) is 0 Å². The number of rotatable bonds is 7. The van der Waals surface area contributed by atoms with Crippen molar-refractivity contribution in [3.63, 3.8) is 0 Å². The van der Waals surface area contributed by atoms with E-state index >= 15 is 0 Å². The first kappa shape index (κ1) is 37.7. The highest BCUT2D eigenvalue weighted by molar-refractivity contribution is 5.99. The molecule has 0 spiro atoms. The van der Waals surface area contributed by atoms with Crippen LogP contribution < -0.4 is 15.4 Å². The zero-order chi connectivity index (χ0) is 37.5. The molecule has 2 fully saturated rings. The van der Waals surface area contributed by atoms with Gasteiger partial charge in [-0.05, 0) is 53.4 Å². The monoisotopic (exact) mass is 730 g/mol. The Kier molecular flexibility index (Phi) is 12.2. The number of fused-ring (bicyclic) bond motifs is 3. The molecular weight excluding hydrogens is 683 g/mol. The van der Waals surface area contributed by atoms with Crippen LogP contribution in [0.2, 0.25) is 0 Å². The summed E-state index contributed by atoms with van der Waals surface area (Å²) in [4.78, 5) is 74.0. The number of morpholine rings is 1. The van der Waals surface area contributed by atoms with E-state index in [1.54, 1.807) is 4.90 Å². The average Bonchev–Trinajstić information content (AvgIpc) is 3.57. The molecule has 0 aromatic heterocycles. The Balaban J connectivity index is 1.18. The molecule has 14 heteroatoms. The summed E-state index contributed by atoms with van der Waals surface area (Å²) < 4.78 is 26.2. The van der Waals surface area contributed by atoms with Crippen LogP contribution in [0.4, 0.5) is 4.39 Å². The molecule has 6 rings (SSSR count). The van der Waals surface area contributed by atoms with Gasteiger partial charge < -0.3 is 34.8 Å². The lowest BCUT2D eigenvalue weighted by atomic mass is 10.0. The first-order chi connectivity index (χ1) is 25.5. The van der Waals surface area contributed by atoms with Crippen molar-refractivity contribution in [1.82, 2.24) is 30.2 Å². The summed E-state index contributed by atoms with van der Waals surface area (Å²) in [7, 11) is 2.96. The zero-order valence-corrected chi connectivity index (χ0v) is 30.2. The maximum Gasteiger partial charge on any atom is 0.258 e. The summed E-state index contributed by atoms with van der Waals surface area (Å²) in [6.45, 7) is 3.56. The van der Waals surface area contributed by atoms with Gasteiger partial charge in [0.05, 0.1) is 31.4 Å². The quantitative estimate of drug-likeness (QED) is 0.377. The van der Waals surface area contributed by atoms with E-state index in [-0.39, 0.29) is 74.2 Å². The number of nitrogens with zero attached hydrogens (tertiary/aromatic N) is 4. The highest BCUT2D eigenvalue weighted by atomic mass is 19.1. The molecule has 3 aliphatic heterocycles. The van der Waals surface area contributed by atoms with Crippen LogP contribution in [0.5, 0.6) is 5.75 Å². The molecule has 3 heterocycles. The number of ether oxygens (including phenoxy) is 2. The molecule has 0 bridgehead atoms. The minimum Gasteiger partial charge on any atom is -0.491 e. The van der Waals surface area contributed by atoms with E-state index in [4.69, 9.17) is 9.47 Å². The third-order valence-corrected chi connectivity index (χ3v) is 10.3. The summed E-state index contributed by atoms with van der Waals surface area (Å²) in [5.41, 5.74) is 0.760. The lowest BCUT2D eigenvalue weighted by Gasteiger charge is -2.28. The Labute approximate surface area is 308 Å². The Morgan fingerprint density at radius 3 is 2.51 bits per heavy atom. The van der Waals surface area contributed by atoms with Gasteiger partial charge in [0.25, 0.3) is 5.91 Å². The second kappa shape index (κ2) is 17.2. The number of carbonyl (C=O) groups is 5. The SMILES string of the molecule is CN1CC(=O)N2C[C@@H](NC(=O)CCN3CCOCC3)C[C@H]2COc2ccc(F)cc2C(=O)N(C)[C@H](C(=O)NCc2ccc3ccccc3c2)CCC1=O. The van der Waals surface area contributed by atoms with Crippen LogP contribution in [0.3, 0.4) is 0 Å². The van der Waals surface area contributed by atoms with E-state index in [0.29, 0.717) is 32.6 Å². The molecular formula is C39H47FN6O7. The second-order valence-corrected chi connectivity index (χ2v) is 14.0. The van der Waals surface area contributed by atoms with Gasteiger partial charge in [-0.3, -0.25) is 28.9 Å². The van der Waals surface area contributed by atoms with E-state index in [1.807, 2.05) is 42.5 Å². The molecule has 2 N–H and O–H groups in total. The van der Waals surface area contributed by atoms with Crippen molar-refractivity contribution in [2.75, 3.05) is 66.6 Å². The third-order valence-electron chi connectivity index (χ3n) is 10.3. The van der Waals surface area contributed by atoms with E-state index in [9.17, 15) is 28.4 Å². The first-order valence-electron chi connectivity index (χ1n) is 18.1. The van der Waals surface area contributed by atoms with Crippen LogP contribution in [0.25, 0.3) is 10.8 Å².